The first-order chi connectivity index (χ1) is 27.3. The maximum absolute atomic E-state index is 5.55. The Kier molecular flexibility index (Phi) is 8.90. The number of aryl methyl sites for hydroxylation is 3. The van der Waals surface area contributed by atoms with Gasteiger partial charge in [0.1, 0.15) is 5.58 Å². The molecule has 0 amide bonds. The van der Waals surface area contributed by atoms with E-state index in [2.05, 4.69) is 209 Å². The molecule has 0 bridgehead atoms. The molecule has 1 aromatic heterocycles. The van der Waals surface area contributed by atoms with Crippen molar-refractivity contribution >= 4 is 38.8 Å². The predicted molar refractivity (Wildman–Crippen MR) is 237 cm³/mol. The summed E-state index contributed by atoms with van der Waals surface area (Å²) in [6.45, 7) is 11.1. The molecule has 10 rings (SSSR count). The second-order valence-corrected chi connectivity index (χ2v) is 15.6. The highest BCUT2D eigenvalue weighted by Crippen LogP contribution is 2.50. The number of furan rings is 1. The normalized spacial score (nSPS) is 12.5. The summed E-state index contributed by atoms with van der Waals surface area (Å²) in [5.74, 6) is 0. The van der Waals surface area contributed by atoms with Crippen molar-refractivity contribution in [3.63, 3.8) is 0 Å². The first kappa shape index (κ1) is 35.1. The minimum atomic E-state index is -0.0493. The van der Waals surface area contributed by atoms with Gasteiger partial charge < -0.3 is 9.32 Å². The largest absolute Gasteiger partial charge is 0.464 e. The number of fused-ring (bicyclic) bond motifs is 5. The van der Waals surface area contributed by atoms with E-state index in [1.54, 1.807) is 6.26 Å². The Hall–Kier alpha value is -6.64. The molecule has 0 atom stereocenters. The molecule has 8 aromatic carbocycles. The minimum Gasteiger partial charge on any atom is -0.464 e. The average Bonchev–Trinajstić information content (AvgIpc) is 3.80. The molecule has 1 heterocycles. The molecule has 0 radical (unpaired) electrons. The molecule has 0 spiro atoms. The van der Waals surface area contributed by atoms with Crippen LogP contribution in [0.25, 0.3) is 55.1 Å². The minimum absolute atomic E-state index is 0.0493. The Morgan fingerprint density at radius 3 is 1.77 bits per heavy atom. The van der Waals surface area contributed by atoms with E-state index in [1.807, 2.05) is 6.07 Å². The third-order valence-corrected chi connectivity index (χ3v) is 11.6. The maximum atomic E-state index is 5.55. The number of nitrogens with zero attached hydrogens (tertiary/aromatic N) is 1. The molecule has 0 fully saturated rings. The second kappa shape index (κ2) is 14.2. The van der Waals surface area contributed by atoms with E-state index >= 15 is 0 Å². The smallest absolute Gasteiger partial charge is 0.137 e. The zero-order valence-corrected chi connectivity index (χ0v) is 32.7. The van der Waals surface area contributed by atoms with Crippen molar-refractivity contribution in [3.05, 3.63) is 210 Å². The molecule has 56 heavy (non-hydrogen) atoms. The van der Waals surface area contributed by atoms with E-state index in [-0.39, 0.29) is 5.41 Å². The van der Waals surface area contributed by atoms with Crippen LogP contribution in [-0.2, 0) is 5.41 Å². The monoisotopic (exact) mass is 723 g/mol. The van der Waals surface area contributed by atoms with Gasteiger partial charge in [-0.15, -0.1) is 0 Å². The van der Waals surface area contributed by atoms with Gasteiger partial charge in [-0.25, -0.2) is 0 Å². The lowest BCUT2D eigenvalue weighted by Crippen LogP contribution is -2.16. The quantitative estimate of drug-likeness (QED) is 0.176. The van der Waals surface area contributed by atoms with Crippen LogP contribution in [0, 0.1) is 20.8 Å². The van der Waals surface area contributed by atoms with Crippen molar-refractivity contribution in [2.75, 3.05) is 4.90 Å². The van der Waals surface area contributed by atoms with Crippen LogP contribution in [0.2, 0.25) is 0 Å². The van der Waals surface area contributed by atoms with Gasteiger partial charge >= 0.3 is 0 Å². The van der Waals surface area contributed by atoms with Gasteiger partial charge in [-0.3, -0.25) is 0 Å². The molecule has 0 saturated carbocycles. The van der Waals surface area contributed by atoms with Crippen LogP contribution < -0.4 is 4.90 Å². The van der Waals surface area contributed by atoms with E-state index in [1.165, 1.54) is 83.0 Å². The molecule has 0 aliphatic heterocycles. The zero-order valence-electron chi connectivity index (χ0n) is 32.7. The molecule has 1 aliphatic carbocycles. The van der Waals surface area contributed by atoms with Crippen molar-refractivity contribution in [2.45, 2.75) is 40.0 Å². The van der Waals surface area contributed by atoms with Gasteiger partial charge in [0, 0.05) is 33.4 Å². The molecular weight excluding hydrogens is 679 g/mol. The third kappa shape index (κ3) is 6.28. The molecule has 2 heteroatoms. The Labute approximate surface area is 330 Å². The highest BCUT2D eigenvalue weighted by atomic mass is 16.3. The SMILES string of the molecule is Cc1ccc(-c2ccc(N(c3ccc4c(c3)C(C)(C)c3ccccc3-4)c3ccc4ccccc4c3)cc2)cc1.Cc1ccccc1-c1ccc2ccoc2c1C. The molecule has 0 unspecified atom stereocenters. The summed E-state index contributed by atoms with van der Waals surface area (Å²) in [5, 5.41) is 3.66. The van der Waals surface area contributed by atoms with Crippen LogP contribution in [0.1, 0.15) is 41.7 Å². The second-order valence-electron chi connectivity index (χ2n) is 15.6. The van der Waals surface area contributed by atoms with E-state index < -0.39 is 0 Å². The van der Waals surface area contributed by atoms with Crippen LogP contribution in [0.15, 0.2) is 187 Å². The van der Waals surface area contributed by atoms with E-state index in [0.717, 1.165) is 17.0 Å². The van der Waals surface area contributed by atoms with Gasteiger partial charge in [-0.1, -0.05) is 153 Å². The standard InChI is InChI=1S/C38H31N.C16H14O/c1-26-12-14-28(15-13-26)29-16-19-31(20-17-29)39(32-21-18-27-8-4-5-9-30(27)24-32)33-22-23-35-34-10-6-7-11-36(34)38(2,3)37(35)25-33;1-11-5-3-4-6-14(11)15-8-7-13-9-10-17-16(13)12(15)2/h4-25H,1-3H3;3-10H,1-2H3. The van der Waals surface area contributed by atoms with Crippen LogP contribution in [0.5, 0.6) is 0 Å². The van der Waals surface area contributed by atoms with Crippen LogP contribution >= 0.6 is 0 Å². The van der Waals surface area contributed by atoms with Gasteiger partial charge in [0.2, 0.25) is 0 Å². The first-order valence-corrected chi connectivity index (χ1v) is 19.5. The van der Waals surface area contributed by atoms with Gasteiger partial charge in [-0.2, -0.15) is 0 Å². The summed E-state index contributed by atoms with van der Waals surface area (Å²) in [7, 11) is 0. The van der Waals surface area contributed by atoms with Gasteiger partial charge in [0.25, 0.3) is 0 Å². The fourth-order valence-corrected chi connectivity index (χ4v) is 8.49. The number of rotatable bonds is 5. The summed E-state index contributed by atoms with van der Waals surface area (Å²) in [6.07, 6.45) is 1.75. The third-order valence-electron chi connectivity index (χ3n) is 11.6. The summed E-state index contributed by atoms with van der Waals surface area (Å²) < 4.78 is 5.55. The van der Waals surface area contributed by atoms with Crippen molar-refractivity contribution < 1.29 is 4.42 Å². The van der Waals surface area contributed by atoms with Crippen molar-refractivity contribution in [1.29, 1.82) is 0 Å². The van der Waals surface area contributed by atoms with Gasteiger partial charge in [0.15, 0.2) is 0 Å². The number of anilines is 3. The van der Waals surface area contributed by atoms with E-state index in [4.69, 9.17) is 4.42 Å². The molecule has 9 aromatic rings. The van der Waals surface area contributed by atoms with Gasteiger partial charge in [-0.05, 0) is 124 Å². The summed E-state index contributed by atoms with van der Waals surface area (Å²) in [5.41, 5.74) is 18.7. The Morgan fingerprint density at radius 2 is 1.00 bits per heavy atom. The van der Waals surface area contributed by atoms with Crippen LogP contribution in [0.4, 0.5) is 17.1 Å². The van der Waals surface area contributed by atoms with Crippen molar-refractivity contribution in [2.24, 2.45) is 0 Å². The average molecular weight is 724 g/mol. The Bertz CT molecular complexity index is 2860. The molecule has 0 N–H and O–H groups in total. The topological polar surface area (TPSA) is 16.4 Å². The molecule has 2 nitrogen and oxygen atoms in total. The Balaban J connectivity index is 0.000000201. The summed E-state index contributed by atoms with van der Waals surface area (Å²) >= 11 is 0. The highest BCUT2D eigenvalue weighted by Gasteiger charge is 2.35. The Morgan fingerprint density at radius 1 is 0.429 bits per heavy atom. The molecule has 272 valence electrons. The maximum Gasteiger partial charge on any atom is 0.137 e. The number of hydrogen-bond acceptors (Lipinski definition) is 2. The van der Waals surface area contributed by atoms with E-state index in [0.29, 0.717) is 0 Å². The lowest BCUT2D eigenvalue weighted by atomic mass is 9.82. The predicted octanol–water partition coefficient (Wildman–Crippen LogP) is 15.3. The summed E-state index contributed by atoms with van der Waals surface area (Å²) in [6, 6.07) is 63.6. The van der Waals surface area contributed by atoms with Crippen LogP contribution in [0.3, 0.4) is 0 Å². The first-order valence-electron chi connectivity index (χ1n) is 19.5. The zero-order chi connectivity index (χ0) is 38.4. The molecular formula is C54H45NO. The lowest BCUT2D eigenvalue weighted by molar-refractivity contribution is 0.613. The molecule has 0 saturated heterocycles. The fourth-order valence-electron chi connectivity index (χ4n) is 8.49. The highest BCUT2D eigenvalue weighted by molar-refractivity contribution is 5.91. The van der Waals surface area contributed by atoms with Crippen LogP contribution in [-0.4, -0.2) is 0 Å². The number of benzene rings is 8. The summed E-state index contributed by atoms with van der Waals surface area (Å²) in [4.78, 5) is 2.39. The molecule has 1 aliphatic rings. The number of hydrogen-bond donors (Lipinski definition) is 0. The lowest BCUT2D eigenvalue weighted by Gasteiger charge is -2.28. The fraction of sp³-hybridized carbons (Fsp3) is 0.111. The van der Waals surface area contributed by atoms with E-state index in [9.17, 15) is 0 Å². The van der Waals surface area contributed by atoms with Crippen molar-refractivity contribution in [1.82, 2.24) is 0 Å². The van der Waals surface area contributed by atoms with Crippen molar-refractivity contribution in [3.8, 4) is 33.4 Å². The van der Waals surface area contributed by atoms with Gasteiger partial charge in [0.05, 0.1) is 6.26 Å².